The maximum absolute atomic E-state index is 11.9. The Balaban J connectivity index is 2.66. The number of halogens is 1. The van der Waals surface area contributed by atoms with Crippen LogP contribution in [0.15, 0.2) is 18.2 Å². The summed E-state index contributed by atoms with van der Waals surface area (Å²) in [4.78, 5) is 25.1. The Morgan fingerprint density at radius 3 is 2.67 bits per heavy atom. The Hall–Kier alpha value is -1.63. The summed E-state index contributed by atoms with van der Waals surface area (Å²) in [5, 5.41) is 6.00. The van der Waals surface area contributed by atoms with E-state index in [1.165, 1.54) is 4.90 Å². The predicted molar refractivity (Wildman–Crippen MR) is 82.8 cm³/mol. The van der Waals surface area contributed by atoms with E-state index in [9.17, 15) is 9.59 Å². The van der Waals surface area contributed by atoms with Crippen LogP contribution in [-0.2, 0) is 9.53 Å². The molecule has 21 heavy (non-hydrogen) atoms. The van der Waals surface area contributed by atoms with Gasteiger partial charge in [0, 0.05) is 33.4 Å². The first-order valence-electron chi connectivity index (χ1n) is 6.46. The van der Waals surface area contributed by atoms with Crippen molar-refractivity contribution in [2.45, 2.75) is 0 Å². The molecule has 2 N–H and O–H groups in total. The van der Waals surface area contributed by atoms with Gasteiger partial charge in [-0.2, -0.15) is 0 Å². The molecule has 7 heteroatoms. The molecule has 0 atom stereocenters. The minimum atomic E-state index is -0.214. The van der Waals surface area contributed by atoms with Crippen molar-refractivity contribution in [3.63, 3.8) is 0 Å². The van der Waals surface area contributed by atoms with Crippen molar-refractivity contribution in [1.29, 1.82) is 0 Å². The van der Waals surface area contributed by atoms with E-state index < -0.39 is 0 Å². The molecule has 0 aromatic heterocycles. The lowest BCUT2D eigenvalue weighted by Gasteiger charge is -2.13. The van der Waals surface area contributed by atoms with E-state index in [0.717, 1.165) is 0 Å². The van der Waals surface area contributed by atoms with Crippen LogP contribution in [0.25, 0.3) is 0 Å². The summed E-state index contributed by atoms with van der Waals surface area (Å²) in [5.41, 5.74) is 0.884. The molecule has 0 aliphatic rings. The molecule has 0 heterocycles. The first kappa shape index (κ1) is 17.4. The van der Waals surface area contributed by atoms with Gasteiger partial charge in [-0.05, 0) is 18.2 Å². The monoisotopic (exact) mass is 313 g/mol. The molecule has 0 radical (unpaired) electrons. The molecule has 0 unspecified atom stereocenters. The van der Waals surface area contributed by atoms with E-state index in [1.54, 1.807) is 39.4 Å². The van der Waals surface area contributed by atoms with Crippen LogP contribution in [0, 0.1) is 0 Å². The van der Waals surface area contributed by atoms with Crippen LogP contribution in [0.2, 0.25) is 5.02 Å². The number of anilines is 1. The number of nitrogens with zero attached hydrogens (tertiary/aromatic N) is 1. The summed E-state index contributed by atoms with van der Waals surface area (Å²) in [5.74, 6) is -0.411. The van der Waals surface area contributed by atoms with Crippen LogP contribution in [0.1, 0.15) is 10.4 Å². The number of carbonyl (C=O) groups excluding carboxylic acids is 2. The fourth-order valence-corrected chi connectivity index (χ4v) is 1.79. The smallest absolute Gasteiger partial charge is 0.254 e. The molecule has 6 nitrogen and oxygen atoms in total. The second kappa shape index (κ2) is 8.61. The Morgan fingerprint density at radius 1 is 1.33 bits per heavy atom. The van der Waals surface area contributed by atoms with Gasteiger partial charge in [0.2, 0.25) is 5.91 Å². The van der Waals surface area contributed by atoms with Crippen molar-refractivity contribution in [3.05, 3.63) is 28.8 Å². The van der Waals surface area contributed by atoms with Crippen LogP contribution in [0.4, 0.5) is 5.69 Å². The van der Waals surface area contributed by atoms with Gasteiger partial charge in [0.15, 0.2) is 0 Å². The number of hydrogen-bond acceptors (Lipinski definition) is 4. The van der Waals surface area contributed by atoms with E-state index in [2.05, 4.69) is 10.6 Å². The Morgan fingerprint density at radius 2 is 2.05 bits per heavy atom. The van der Waals surface area contributed by atoms with E-state index in [4.69, 9.17) is 16.3 Å². The molecule has 0 spiro atoms. The number of hydrogen-bond donors (Lipinski definition) is 2. The highest BCUT2D eigenvalue weighted by molar-refractivity contribution is 6.34. The quantitative estimate of drug-likeness (QED) is 0.743. The molecule has 0 bridgehead atoms. The van der Waals surface area contributed by atoms with E-state index in [-0.39, 0.29) is 18.4 Å². The lowest BCUT2D eigenvalue weighted by Crippen LogP contribution is -2.30. The maximum Gasteiger partial charge on any atom is 0.254 e. The van der Waals surface area contributed by atoms with Crippen molar-refractivity contribution >= 4 is 29.1 Å². The molecule has 116 valence electrons. The molecule has 0 saturated heterocycles. The summed E-state index contributed by atoms with van der Waals surface area (Å²) in [6.45, 7) is 1.30. The highest BCUT2D eigenvalue weighted by Crippen LogP contribution is 2.21. The lowest BCUT2D eigenvalue weighted by atomic mass is 10.1. The van der Waals surface area contributed by atoms with Crippen LogP contribution in [0.3, 0.4) is 0 Å². The van der Waals surface area contributed by atoms with Crippen molar-refractivity contribution in [2.75, 3.05) is 46.2 Å². The van der Waals surface area contributed by atoms with Gasteiger partial charge in [-0.25, -0.2) is 0 Å². The Kier molecular flexibility index (Phi) is 7.14. The molecule has 0 aliphatic carbocycles. The third kappa shape index (κ3) is 5.71. The summed E-state index contributed by atoms with van der Waals surface area (Å²) in [7, 11) is 4.88. The van der Waals surface area contributed by atoms with Crippen LogP contribution in [0.5, 0.6) is 0 Å². The average Bonchev–Trinajstić information content (AvgIpc) is 2.45. The Labute approximate surface area is 129 Å². The fraction of sp³-hybridized carbons (Fsp3) is 0.429. The lowest BCUT2D eigenvalue weighted by molar-refractivity contribution is -0.115. The number of carbonyl (C=O) groups is 2. The van der Waals surface area contributed by atoms with Gasteiger partial charge in [0.25, 0.3) is 5.91 Å². The third-order valence-electron chi connectivity index (χ3n) is 2.66. The van der Waals surface area contributed by atoms with Crippen LogP contribution < -0.4 is 10.6 Å². The summed E-state index contributed by atoms with van der Waals surface area (Å²) in [6, 6.07) is 4.81. The molecule has 2 amide bonds. The minimum absolute atomic E-state index is 0.170. The number of amides is 2. The largest absolute Gasteiger partial charge is 0.383 e. The van der Waals surface area contributed by atoms with Crippen molar-refractivity contribution in [3.8, 4) is 0 Å². The molecule has 0 saturated carbocycles. The average molecular weight is 314 g/mol. The van der Waals surface area contributed by atoms with E-state index in [0.29, 0.717) is 29.4 Å². The number of benzene rings is 1. The summed E-state index contributed by atoms with van der Waals surface area (Å²) < 4.78 is 4.87. The van der Waals surface area contributed by atoms with Crippen LogP contribution >= 0.6 is 11.6 Å². The second-order valence-corrected chi connectivity index (χ2v) is 5.02. The number of rotatable bonds is 7. The van der Waals surface area contributed by atoms with Gasteiger partial charge < -0.3 is 20.3 Å². The number of ether oxygens (including phenoxy) is 1. The molecule has 1 aromatic carbocycles. The normalized spacial score (nSPS) is 10.3. The van der Waals surface area contributed by atoms with Crippen molar-refractivity contribution < 1.29 is 14.3 Å². The van der Waals surface area contributed by atoms with Gasteiger partial charge in [-0.1, -0.05) is 11.6 Å². The molecule has 1 aromatic rings. The third-order valence-corrected chi connectivity index (χ3v) is 2.98. The fourth-order valence-electron chi connectivity index (χ4n) is 1.59. The van der Waals surface area contributed by atoms with Gasteiger partial charge in [-0.3, -0.25) is 9.59 Å². The number of methoxy groups -OCH3 is 1. The van der Waals surface area contributed by atoms with Crippen molar-refractivity contribution in [1.82, 2.24) is 10.2 Å². The van der Waals surface area contributed by atoms with Gasteiger partial charge in [-0.15, -0.1) is 0 Å². The predicted octanol–water partition coefficient (Wildman–Crippen LogP) is 1.22. The minimum Gasteiger partial charge on any atom is -0.383 e. The standard InChI is InChI=1S/C14H20ClN3O3/c1-18(2)14(20)11-8-10(4-5-12(11)15)17-13(19)9-16-6-7-21-3/h4-5,8,16H,6-7,9H2,1-3H3,(H,17,19). The zero-order valence-corrected chi connectivity index (χ0v) is 13.2. The first-order chi connectivity index (χ1) is 9.95. The first-order valence-corrected chi connectivity index (χ1v) is 6.84. The second-order valence-electron chi connectivity index (χ2n) is 4.61. The van der Waals surface area contributed by atoms with Gasteiger partial charge >= 0.3 is 0 Å². The number of nitrogens with one attached hydrogen (secondary N) is 2. The van der Waals surface area contributed by atoms with Crippen LogP contribution in [-0.4, -0.2) is 57.6 Å². The van der Waals surface area contributed by atoms with Gasteiger partial charge in [0.1, 0.15) is 0 Å². The zero-order chi connectivity index (χ0) is 15.8. The van der Waals surface area contributed by atoms with E-state index >= 15 is 0 Å². The molecular weight excluding hydrogens is 294 g/mol. The SMILES string of the molecule is COCCNCC(=O)Nc1ccc(Cl)c(C(=O)N(C)C)c1. The summed E-state index contributed by atoms with van der Waals surface area (Å²) in [6.07, 6.45) is 0. The Bertz CT molecular complexity index is 506. The van der Waals surface area contributed by atoms with Crippen molar-refractivity contribution in [2.24, 2.45) is 0 Å². The van der Waals surface area contributed by atoms with E-state index in [1.807, 2.05) is 0 Å². The molecule has 1 rings (SSSR count). The van der Waals surface area contributed by atoms with Gasteiger partial charge in [0.05, 0.1) is 23.7 Å². The summed E-state index contributed by atoms with van der Waals surface area (Å²) >= 11 is 6.00. The molecule has 0 aliphatic heterocycles. The highest BCUT2D eigenvalue weighted by atomic mass is 35.5. The highest BCUT2D eigenvalue weighted by Gasteiger charge is 2.13. The maximum atomic E-state index is 11.9. The molecule has 0 fully saturated rings. The topological polar surface area (TPSA) is 70.7 Å². The molecular formula is C14H20ClN3O3. The zero-order valence-electron chi connectivity index (χ0n) is 12.4.